The lowest BCUT2D eigenvalue weighted by molar-refractivity contribution is -0.174. The molecule has 0 aliphatic carbocycles. The Balaban J connectivity index is 3.45. The molecule has 0 saturated carbocycles. The van der Waals surface area contributed by atoms with Crippen molar-refractivity contribution in [3.05, 3.63) is 0 Å². The summed E-state index contributed by atoms with van der Waals surface area (Å²) in [6.45, 7) is 1.22. The third-order valence-electron chi connectivity index (χ3n) is 3.19. The van der Waals surface area contributed by atoms with E-state index in [1.165, 1.54) is 32.1 Å². The number of nitrogens with one attached hydrogen (secondary N) is 1. The SMILES string of the molecule is CCCCCCCCC(CCOCC(F)(F)F)NC. The molecule has 5 heteroatoms. The molecule has 1 N–H and O–H groups in total. The summed E-state index contributed by atoms with van der Waals surface area (Å²) in [4.78, 5) is 0. The van der Waals surface area contributed by atoms with Crippen LogP contribution in [0.2, 0.25) is 0 Å². The molecule has 0 radical (unpaired) electrons. The quantitative estimate of drug-likeness (QED) is 0.539. The molecular formula is C14H28F3NO. The van der Waals surface area contributed by atoms with Gasteiger partial charge in [-0.1, -0.05) is 45.4 Å². The van der Waals surface area contributed by atoms with Gasteiger partial charge in [0.1, 0.15) is 6.61 Å². The molecule has 1 atom stereocenters. The van der Waals surface area contributed by atoms with E-state index in [1.807, 2.05) is 7.05 Å². The zero-order valence-electron chi connectivity index (χ0n) is 12.2. The standard InChI is InChI=1S/C14H28F3NO/c1-3-4-5-6-7-8-9-13(18-2)10-11-19-12-14(15,16)17/h13,18H,3-12H2,1-2H3. The molecule has 0 amide bonds. The number of hydrogen-bond acceptors (Lipinski definition) is 2. The highest BCUT2D eigenvalue weighted by molar-refractivity contribution is 4.64. The first-order chi connectivity index (χ1) is 8.99. The zero-order valence-corrected chi connectivity index (χ0v) is 12.2. The molecule has 19 heavy (non-hydrogen) atoms. The lowest BCUT2D eigenvalue weighted by Crippen LogP contribution is -2.27. The Hall–Kier alpha value is -0.290. The Morgan fingerprint density at radius 1 is 1.00 bits per heavy atom. The highest BCUT2D eigenvalue weighted by Gasteiger charge is 2.27. The highest BCUT2D eigenvalue weighted by Crippen LogP contribution is 2.15. The molecule has 2 nitrogen and oxygen atoms in total. The van der Waals surface area contributed by atoms with Gasteiger partial charge < -0.3 is 10.1 Å². The zero-order chi connectivity index (χ0) is 14.6. The van der Waals surface area contributed by atoms with Crippen LogP contribution in [-0.4, -0.2) is 32.5 Å². The fraction of sp³-hybridized carbons (Fsp3) is 1.00. The Morgan fingerprint density at radius 3 is 2.21 bits per heavy atom. The highest BCUT2D eigenvalue weighted by atomic mass is 19.4. The summed E-state index contributed by atoms with van der Waals surface area (Å²) in [6, 6.07) is 0.263. The molecule has 0 fully saturated rings. The van der Waals surface area contributed by atoms with Gasteiger partial charge in [-0.2, -0.15) is 13.2 Å². The molecule has 0 heterocycles. The lowest BCUT2D eigenvalue weighted by Gasteiger charge is -2.16. The van der Waals surface area contributed by atoms with Crippen LogP contribution in [0.3, 0.4) is 0 Å². The molecule has 0 aromatic heterocycles. The van der Waals surface area contributed by atoms with Crippen LogP contribution in [0, 0.1) is 0 Å². The van der Waals surface area contributed by atoms with Crippen LogP contribution in [0.1, 0.15) is 58.3 Å². The monoisotopic (exact) mass is 283 g/mol. The van der Waals surface area contributed by atoms with Crippen LogP contribution in [-0.2, 0) is 4.74 Å². The predicted molar refractivity (Wildman–Crippen MR) is 72.3 cm³/mol. The van der Waals surface area contributed by atoms with Gasteiger partial charge in [-0.15, -0.1) is 0 Å². The molecule has 0 aliphatic heterocycles. The van der Waals surface area contributed by atoms with Gasteiger partial charge in [-0.3, -0.25) is 0 Å². The van der Waals surface area contributed by atoms with Gasteiger partial charge in [0.15, 0.2) is 0 Å². The maximum Gasteiger partial charge on any atom is 0.411 e. The van der Waals surface area contributed by atoms with Crippen molar-refractivity contribution in [1.82, 2.24) is 5.32 Å². The van der Waals surface area contributed by atoms with Crippen LogP contribution >= 0.6 is 0 Å². The van der Waals surface area contributed by atoms with E-state index in [9.17, 15) is 13.2 Å². The van der Waals surface area contributed by atoms with E-state index >= 15 is 0 Å². The number of unbranched alkanes of at least 4 members (excludes halogenated alkanes) is 5. The van der Waals surface area contributed by atoms with Gasteiger partial charge in [0.05, 0.1) is 0 Å². The van der Waals surface area contributed by atoms with E-state index in [0.29, 0.717) is 6.42 Å². The fourth-order valence-electron chi connectivity index (χ4n) is 2.02. The Bertz CT molecular complexity index is 198. The fourth-order valence-corrected chi connectivity index (χ4v) is 2.02. The summed E-state index contributed by atoms with van der Waals surface area (Å²) in [5, 5.41) is 3.14. The second-order valence-electron chi connectivity index (χ2n) is 5.00. The topological polar surface area (TPSA) is 21.3 Å². The van der Waals surface area contributed by atoms with E-state index < -0.39 is 12.8 Å². The van der Waals surface area contributed by atoms with Crippen molar-refractivity contribution in [2.45, 2.75) is 70.5 Å². The average molecular weight is 283 g/mol. The smallest absolute Gasteiger partial charge is 0.372 e. The first kappa shape index (κ1) is 18.7. The summed E-state index contributed by atoms with van der Waals surface area (Å²) in [5.41, 5.74) is 0. The van der Waals surface area contributed by atoms with Crippen molar-refractivity contribution in [3.8, 4) is 0 Å². The molecule has 0 saturated heterocycles. The lowest BCUT2D eigenvalue weighted by atomic mass is 10.0. The first-order valence-electron chi connectivity index (χ1n) is 7.31. The van der Waals surface area contributed by atoms with Gasteiger partial charge in [0.25, 0.3) is 0 Å². The van der Waals surface area contributed by atoms with Crippen LogP contribution in [0.15, 0.2) is 0 Å². The molecule has 116 valence electrons. The maximum absolute atomic E-state index is 11.9. The van der Waals surface area contributed by atoms with Gasteiger partial charge in [0.2, 0.25) is 0 Å². The Morgan fingerprint density at radius 2 is 1.63 bits per heavy atom. The summed E-state index contributed by atoms with van der Waals surface area (Å²) in [6.07, 6.45) is 4.87. The van der Waals surface area contributed by atoms with E-state index in [1.54, 1.807) is 0 Å². The molecule has 0 aromatic rings. The number of rotatable bonds is 12. The first-order valence-corrected chi connectivity index (χ1v) is 7.31. The number of alkyl halides is 3. The molecular weight excluding hydrogens is 255 g/mol. The van der Waals surface area contributed by atoms with Gasteiger partial charge in [-0.25, -0.2) is 0 Å². The normalized spacial score (nSPS) is 13.7. The van der Waals surface area contributed by atoms with E-state index in [2.05, 4.69) is 17.0 Å². The summed E-state index contributed by atoms with van der Waals surface area (Å²) < 4.78 is 40.2. The van der Waals surface area contributed by atoms with E-state index in [0.717, 1.165) is 12.8 Å². The molecule has 0 aromatic carbocycles. The Labute approximate surface area is 115 Å². The summed E-state index contributed by atoms with van der Waals surface area (Å²) in [5.74, 6) is 0. The second-order valence-corrected chi connectivity index (χ2v) is 5.00. The molecule has 1 unspecified atom stereocenters. The minimum atomic E-state index is -4.21. The minimum absolute atomic E-state index is 0.168. The molecule has 0 aliphatic rings. The predicted octanol–water partition coefficient (Wildman–Crippen LogP) is 4.29. The summed E-state index contributed by atoms with van der Waals surface area (Å²) in [7, 11) is 1.85. The van der Waals surface area contributed by atoms with Crippen molar-refractivity contribution in [3.63, 3.8) is 0 Å². The van der Waals surface area contributed by atoms with Crippen molar-refractivity contribution >= 4 is 0 Å². The van der Waals surface area contributed by atoms with Crippen LogP contribution in [0.4, 0.5) is 13.2 Å². The van der Waals surface area contributed by atoms with E-state index in [4.69, 9.17) is 0 Å². The maximum atomic E-state index is 11.9. The van der Waals surface area contributed by atoms with Crippen molar-refractivity contribution < 1.29 is 17.9 Å². The molecule has 0 rings (SSSR count). The average Bonchev–Trinajstić information content (AvgIpc) is 2.34. The number of ether oxygens (including phenoxy) is 1. The number of hydrogen-bond donors (Lipinski definition) is 1. The molecule has 0 spiro atoms. The van der Waals surface area contributed by atoms with Crippen molar-refractivity contribution in [2.24, 2.45) is 0 Å². The Kier molecular flexibility index (Phi) is 11.4. The van der Waals surface area contributed by atoms with Gasteiger partial charge >= 0.3 is 6.18 Å². The third kappa shape index (κ3) is 13.9. The van der Waals surface area contributed by atoms with Crippen molar-refractivity contribution in [1.29, 1.82) is 0 Å². The largest absolute Gasteiger partial charge is 0.411 e. The third-order valence-corrected chi connectivity index (χ3v) is 3.19. The number of halogens is 3. The van der Waals surface area contributed by atoms with E-state index in [-0.39, 0.29) is 12.6 Å². The second kappa shape index (κ2) is 11.5. The molecule has 0 bridgehead atoms. The van der Waals surface area contributed by atoms with Crippen molar-refractivity contribution in [2.75, 3.05) is 20.3 Å². The van der Waals surface area contributed by atoms with Gasteiger partial charge in [0, 0.05) is 12.6 Å². The van der Waals surface area contributed by atoms with Crippen LogP contribution < -0.4 is 5.32 Å². The van der Waals surface area contributed by atoms with Crippen LogP contribution in [0.25, 0.3) is 0 Å². The summed E-state index contributed by atoms with van der Waals surface area (Å²) >= 11 is 0. The van der Waals surface area contributed by atoms with Crippen LogP contribution in [0.5, 0.6) is 0 Å². The van der Waals surface area contributed by atoms with Gasteiger partial charge in [-0.05, 0) is 19.9 Å². The minimum Gasteiger partial charge on any atom is -0.372 e.